The van der Waals surface area contributed by atoms with Crippen LogP contribution in [0.3, 0.4) is 0 Å². The van der Waals surface area contributed by atoms with Gasteiger partial charge in [-0.1, -0.05) is 30.3 Å². The van der Waals surface area contributed by atoms with Crippen LogP contribution in [-0.4, -0.2) is 27.2 Å². The maximum atomic E-state index is 14.0. The third kappa shape index (κ3) is 6.28. The Kier molecular flexibility index (Phi) is 7.29. The lowest BCUT2D eigenvalue weighted by Gasteiger charge is -2.23. The molecule has 1 amide bonds. The standard InChI is InChI=1S/C22H20BrFN2O4S/c1-31(28,29)26(14-16-6-2-4-8-20(16)24)17-10-12-18(13-11-17)30-15-22(27)25-21-9-5-3-7-19(21)23/h2-13H,14-15H2,1H3,(H,25,27). The number of hydrogen-bond acceptors (Lipinski definition) is 4. The van der Waals surface area contributed by atoms with Gasteiger partial charge in [-0.2, -0.15) is 0 Å². The molecule has 0 heterocycles. The number of rotatable bonds is 8. The molecule has 0 aliphatic heterocycles. The van der Waals surface area contributed by atoms with Crippen LogP contribution < -0.4 is 14.4 Å². The summed E-state index contributed by atoms with van der Waals surface area (Å²) in [6.45, 7) is -0.355. The number of carbonyl (C=O) groups excluding carboxylic acids is 1. The maximum Gasteiger partial charge on any atom is 0.262 e. The smallest absolute Gasteiger partial charge is 0.262 e. The summed E-state index contributed by atoms with van der Waals surface area (Å²) in [5.41, 5.74) is 1.25. The van der Waals surface area contributed by atoms with Crippen molar-refractivity contribution in [1.82, 2.24) is 0 Å². The molecule has 0 saturated heterocycles. The number of hydrogen-bond donors (Lipinski definition) is 1. The van der Waals surface area contributed by atoms with E-state index >= 15 is 0 Å². The molecular formula is C22H20BrFN2O4S. The van der Waals surface area contributed by atoms with Gasteiger partial charge in [-0.15, -0.1) is 0 Å². The maximum absolute atomic E-state index is 14.0. The third-order valence-corrected chi connectivity index (χ3v) is 6.15. The third-order valence-electron chi connectivity index (χ3n) is 4.31. The molecule has 31 heavy (non-hydrogen) atoms. The Hall–Kier alpha value is -2.91. The van der Waals surface area contributed by atoms with Crippen LogP contribution in [-0.2, 0) is 21.4 Å². The van der Waals surface area contributed by atoms with Crippen LogP contribution in [0, 0.1) is 5.82 Å². The van der Waals surface area contributed by atoms with Gasteiger partial charge < -0.3 is 10.1 Å². The van der Waals surface area contributed by atoms with Crippen molar-refractivity contribution >= 4 is 43.2 Å². The van der Waals surface area contributed by atoms with Gasteiger partial charge in [0.2, 0.25) is 10.0 Å². The van der Waals surface area contributed by atoms with Crippen molar-refractivity contribution in [2.45, 2.75) is 6.54 Å². The van der Waals surface area contributed by atoms with Crippen molar-refractivity contribution in [1.29, 1.82) is 0 Å². The zero-order valence-corrected chi connectivity index (χ0v) is 19.0. The number of amides is 1. The molecule has 0 spiro atoms. The second kappa shape index (κ2) is 9.93. The Labute approximate surface area is 188 Å². The monoisotopic (exact) mass is 506 g/mol. The van der Waals surface area contributed by atoms with Gasteiger partial charge in [0.05, 0.1) is 24.2 Å². The Balaban J connectivity index is 1.66. The lowest BCUT2D eigenvalue weighted by Crippen LogP contribution is -2.29. The highest BCUT2D eigenvalue weighted by atomic mass is 79.9. The molecule has 9 heteroatoms. The van der Waals surface area contributed by atoms with Gasteiger partial charge >= 0.3 is 0 Å². The second-order valence-corrected chi connectivity index (χ2v) is 9.43. The summed E-state index contributed by atoms with van der Waals surface area (Å²) < 4.78 is 45.9. The van der Waals surface area contributed by atoms with Crippen LogP contribution in [0.1, 0.15) is 5.56 Å². The van der Waals surface area contributed by atoms with Crippen LogP contribution in [0.25, 0.3) is 0 Å². The first-order valence-electron chi connectivity index (χ1n) is 9.22. The van der Waals surface area contributed by atoms with Crippen molar-refractivity contribution < 1.29 is 22.3 Å². The Morgan fingerprint density at radius 3 is 2.32 bits per heavy atom. The topological polar surface area (TPSA) is 75.7 Å². The molecular weight excluding hydrogens is 487 g/mol. The molecule has 0 unspecified atom stereocenters. The molecule has 0 aliphatic carbocycles. The number of anilines is 2. The van der Waals surface area contributed by atoms with Gasteiger partial charge in [-0.25, -0.2) is 12.8 Å². The highest BCUT2D eigenvalue weighted by Crippen LogP contribution is 2.25. The van der Waals surface area contributed by atoms with Gasteiger partial charge in [-0.05, 0) is 58.4 Å². The highest BCUT2D eigenvalue weighted by Gasteiger charge is 2.19. The van der Waals surface area contributed by atoms with E-state index < -0.39 is 15.8 Å². The van der Waals surface area contributed by atoms with Crippen LogP contribution in [0.4, 0.5) is 15.8 Å². The first-order valence-corrected chi connectivity index (χ1v) is 11.9. The fourth-order valence-corrected chi connectivity index (χ4v) is 4.05. The zero-order valence-electron chi connectivity index (χ0n) is 16.6. The fraction of sp³-hybridized carbons (Fsp3) is 0.136. The Morgan fingerprint density at radius 2 is 1.68 bits per heavy atom. The number of ether oxygens (including phenoxy) is 1. The first-order chi connectivity index (χ1) is 14.7. The van der Waals surface area contributed by atoms with E-state index in [1.54, 1.807) is 48.5 Å². The molecule has 0 atom stereocenters. The van der Waals surface area contributed by atoms with E-state index in [2.05, 4.69) is 21.2 Å². The van der Waals surface area contributed by atoms with Crippen molar-refractivity contribution in [3.63, 3.8) is 0 Å². The summed E-state index contributed by atoms with van der Waals surface area (Å²) in [6, 6.07) is 19.4. The van der Waals surface area contributed by atoms with Crippen molar-refractivity contribution in [3.05, 3.63) is 88.6 Å². The lowest BCUT2D eigenvalue weighted by molar-refractivity contribution is -0.118. The lowest BCUT2D eigenvalue weighted by atomic mass is 10.2. The van der Waals surface area contributed by atoms with E-state index in [1.807, 2.05) is 12.1 Å². The van der Waals surface area contributed by atoms with Crippen molar-refractivity contribution in [2.24, 2.45) is 0 Å². The van der Waals surface area contributed by atoms with Crippen LogP contribution in [0.15, 0.2) is 77.3 Å². The minimum Gasteiger partial charge on any atom is -0.484 e. The summed E-state index contributed by atoms with van der Waals surface area (Å²) in [6.07, 6.45) is 1.06. The van der Waals surface area contributed by atoms with Crippen molar-refractivity contribution in [2.75, 3.05) is 22.5 Å². The Bertz CT molecular complexity index is 1170. The van der Waals surface area contributed by atoms with Gasteiger partial charge in [0, 0.05) is 10.0 Å². The van der Waals surface area contributed by atoms with E-state index in [4.69, 9.17) is 4.74 Å². The number of nitrogens with one attached hydrogen (secondary N) is 1. The predicted molar refractivity (Wildman–Crippen MR) is 122 cm³/mol. The summed E-state index contributed by atoms with van der Waals surface area (Å²) in [4.78, 5) is 12.1. The molecule has 3 aromatic rings. The second-order valence-electron chi connectivity index (χ2n) is 6.67. The van der Waals surface area contributed by atoms with Crippen molar-refractivity contribution in [3.8, 4) is 5.75 Å². The van der Waals surface area contributed by atoms with E-state index in [0.717, 1.165) is 15.0 Å². The van der Waals surface area contributed by atoms with Crippen LogP contribution in [0.2, 0.25) is 0 Å². The number of carbonyl (C=O) groups is 1. The van der Waals surface area contributed by atoms with E-state index in [-0.39, 0.29) is 24.6 Å². The number of nitrogens with zero attached hydrogens (tertiary/aromatic N) is 1. The molecule has 1 N–H and O–H groups in total. The summed E-state index contributed by atoms with van der Waals surface area (Å²) >= 11 is 3.35. The van der Waals surface area contributed by atoms with Crippen LogP contribution >= 0.6 is 15.9 Å². The molecule has 3 rings (SSSR count). The fourth-order valence-electron chi connectivity index (χ4n) is 2.79. The number of para-hydroxylation sites is 1. The highest BCUT2D eigenvalue weighted by molar-refractivity contribution is 9.10. The normalized spacial score (nSPS) is 11.1. The Morgan fingerprint density at radius 1 is 1.03 bits per heavy atom. The molecule has 0 radical (unpaired) electrons. The van der Waals surface area contributed by atoms with Gasteiger partial charge in [-0.3, -0.25) is 9.10 Å². The summed E-state index contributed by atoms with van der Waals surface area (Å²) in [5.74, 6) is -0.425. The quantitative estimate of drug-likeness (QED) is 0.485. The summed E-state index contributed by atoms with van der Waals surface area (Å²) in [5, 5.41) is 2.73. The molecule has 162 valence electrons. The molecule has 0 bridgehead atoms. The predicted octanol–water partition coefficient (Wildman–Crippen LogP) is 4.57. The minimum atomic E-state index is -3.65. The average molecular weight is 507 g/mol. The van der Waals surface area contributed by atoms with Crippen LogP contribution in [0.5, 0.6) is 5.75 Å². The minimum absolute atomic E-state index is 0.139. The number of halogens is 2. The molecule has 0 fully saturated rings. The van der Waals surface area contributed by atoms with E-state index in [0.29, 0.717) is 17.1 Å². The zero-order chi connectivity index (χ0) is 22.4. The largest absolute Gasteiger partial charge is 0.484 e. The number of benzene rings is 3. The molecule has 0 saturated carbocycles. The molecule has 0 aliphatic rings. The van der Waals surface area contributed by atoms with Gasteiger partial charge in [0.1, 0.15) is 11.6 Å². The van der Waals surface area contributed by atoms with Gasteiger partial charge in [0.25, 0.3) is 5.91 Å². The van der Waals surface area contributed by atoms with E-state index in [9.17, 15) is 17.6 Å². The average Bonchev–Trinajstić information content (AvgIpc) is 2.73. The molecule has 3 aromatic carbocycles. The van der Waals surface area contributed by atoms with Gasteiger partial charge in [0.15, 0.2) is 6.61 Å². The summed E-state index contributed by atoms with van der Waals surface area (Å²) in [7, 11) is -3.65. The SMILES string of the molecule is CS(=O)(=O)N(Cc1ccccc1F)c1ccc(OCC(=O)Nc2ccccc2Br)cc1. The molecule has 6 nitrogen and oxygen atoms in total. The number of sulfonamides is 1. The first kappa shape index (κ1) is 22.8. The molecule has 0 aromatic heterocycles. The van der Waals surface area contributed by atoms with E-state index in [1.165, 1.54) is 12.1 Å².